The molecule has 0 atom stereocenters. The molecule has 3 aromatic rings. The summed E-state index contributed by atoms with van der Waals surface area (Å²) in [7, 11) is -3.86. The molecule has 3 aromatic carbocycles. The van der Waals surface area contributed by atoms with Gasteiger partial charge >= 0.3 is 10.1 Å². The van der Waals surface area contributed by atoms with Crippen molar-refractivity contribution in [2.24, 2.45) is 0 Å². The number of hydrogen-bond donors (Lipinski definition) is 1. The van der Waals surface area contributed by atoms with Crippen LogP contribution in [0.2, 0.25) is 0 Å². The average Bonchev–Trinajstić information content (AvgIpc) is 2.68. The van der Waals surface area contributed by atoms with Crippen LogP contribution in [-0.2, 0) is 23.1 Å². The Balaban J connectivity index is 1.75. The predicted molar refractivity (Wildman–Crippen MR) is 104 cm³/mol. The maximum atomic E-state index is 12.5. The topological polar surface area (TPSA) is 55.4 Å². The Hall–Kier alpha value is -2.79. The second-order valence-corrected chi connectivity index (χ2v) is 7.41. The van der Waals surface area contributed by atoms with E-state index < -0.39 is 10.1 Å². The van der Waals surface area contributed by atoms with E-state index >= 15 is 0 Å². The predicted octanol–water partition coefficient (Wildman–Crippen LogP) is 4.63. The molecule has 0 fully saturated rings. The van der Waals surface area contributed by atoms with Gasteiger partial charge in [-0.25, -0.2) is 0 Å². The third-order valence-corrected chi connectivity index (χ3v) is 5.30. The van der Waals surface area contributed by atoms with Crippen LogP contribution in [0.1, 0.15) is 18.1 Å². The normalized spacial score (nSPS) is 11.1. The van der Waals surface area contributed by atoms with E-state index in [0.29, 0.717) is 12.3 Å². The molecule has 0 amide bonds. The molecular weight excluding hydrogens is 346 g/mol. The fourth-order valence-electron chi connectivity index (χ4n) is 2.54. The van der Waals surface area contributed by atoms with E-state index in [1.165, 1.54) is 17.7 Å². The van der Waals surface area contributed by atoms with Gasteiger partial charge in [0, 0.05) is 17.8 Å². The van der Waals surface area contributed by atoms with Gasteiger partial charge in [0.1, 0.15) is 10.6 Å². The molecular formula is C21H21NO3S. The number of aryl methyl sites for hydroxylation is 1. The van der Waals surface area contributed by atoms with Crippen LogP contribution in [0.4, 0.5) is 5.69 Å². The molecule has 26 heavy (non-hydrogen) atoms. The highest BCUT2D eigenvalue weighted by atomic mass is 32.2. The second kappa shape index (κ2) is 8.06. The molecule has 0 unspecified atom stereocenters. The molecule has 0 aliphatic carbocycles. The Morgan fingerprint density at radius 2 is 1.50 bits per heavy atom. The first-order valence-corrected chi connectivity index (χ1v) is 9.89. The van der Waals surface area contributed by atoms with Crippen molar-refractivity contribution in [2.75, 3.05) is 5.32 Å². The van der Waals surface area contributed by atoms with Gasteiger partial charge in [0.2, 0.25) is 0 Å². The summed E-state index contributed by atoms with van der Waals surface area (Å²) in [5.41, 5.74) is 3.02. The molecule has 134 valence electrons. The van der Waals surface area contributed by atoms with Crippen molar-refractivity contribution in [1.29, 1.82) is 0 Å². The summed E-state index contributed by atoms with van der Waals surface area (Å²) in [4.78, 5) is 0.137. The van der Waals surface area contributed by atoms with Crippen molar-refractivity contribution in [3.8, 4) is 5.75 Å². The zero-order valence-corrected chi connectivity index (χ0v) is 15.4. The van der Waals surface area contributed by atoms with Crippen LogP contribution in [0, 0.1) is 0 Å². The fourth-order valence-corrected chi connectivity index (χ4v) is 3.53. The van der Waals surface area contributed by atoms with Crippen molar-refractivity contribution in [3.05, 3.63) is 90.0 Å². The standard InChI is InChI=1S/C21H21NO3S/c1-2-17-12-14-19(15-13-17)22-16-18-8-6-7-11-21(18)25-26(23,24)20-9-4-3-5-10-20/h3-15,22H,2,16H2,1H3. The molecule has 0 spiro atoms. The summed E-state index contributed by atoms with van der Waals surface area (Å²) in [6.45, 7) is 2.58. The first-order valence-electron chi connectivity index (χ1n) is 8.49. The summed E-state index contributed by atoms with van der Waals surface area (Å²) in [5, 5.41) is 3.30. The summed E-state index contributed by atoms with van der Waals surface area (Å²) < 4.78 is 30.3. The number of rotatable bonds is 7. The van der Waals surface area contributed by atoms with Gasteiger partial charge in [0.25, 0.3) is 0 Å². The molecule has 3 rings (SSSR count). The van der Waals surface area contributed by atoms with Crippen LogP contribution in [0.15, 0.2) is 83.8 Å². The quantitative estimate of drug-likeness (QED) is 0.619. The van der Waals surface area contributed by atoms with Gasteiger partial charge in [0.15, 0.2) is 0 Å². The van der Waals surface area contributed by atoms with E-state index in [1.54, 1.807) is 30.3 Å². The summed E-state index contributed by atoms with van der Waals surface area (Å²) in [5.74, 6) is 0.328. The van der Waals surface area contributed by atoms with Gasteiger partial charge in [-0.2, -0.15) is 8.42 Å². The third kappa shape index (κ3) is 4.43. The van der Waals surface area contributed by atoms with E-state index in [4.69, 9.17) is 4.18 Å². The minimum Gasteiger partial charge on any atom is -0.381 e. The minimum absolute atomic E-state index is 0.137. The van der Waals surface area contributed by atoms with Gasteiger partial charge in [0.05, 0.1) is 0 Å². The first-order chi connectivity index (χ1) is 12.6. The Kier molecular flexibility index (Phi) is 5.58. The zero-order valence-electron chi connectivity index (χ0n) is 14.6. The largest absolute Gasteiger partial charge is 0.381 e. The van der Waals surface area contributed by atoms with E-state index in [9.17, 15) is 8.42 Å². The van der Waals surface area contributed by atoms with Crippen LogP contribution in [0.3, 0.4) is 0 Å². The Labute approximate surface area is 154 Å². The van der Waals surface area contributed by atoms with Crippen LogP contribution in [0.5, 0.6) is 5.75 Å². The smallest absolute Gasteiger partial charge is 0.339 e. The lowest BCUT2D eigenvalue weighted by Gasteiger charge is -2.13. The second-order valence-electron chi connectivity index (χ2n) is 5.86. The summed E-state index contributed by atoms with van der Waals surface area (Å²) in [6, 6.07) is 23.5. The van der Waals surface area contributed by atoms with E-state index in [2.05, 4.69) is 24.4 Å². The van der Waals surface area contributed by atoms with Crippen molar-refractivity contribution in [1.82, 2.24) is 0 Å². The Morgan fingerprint density at radius 1 is 0.846 bits per heavy atom. The molecule has 4 nitrogen and oxygen atoms in total. The molecule has 5 heteroatoms. The third-order valence-electron chi connectivity index (χ3n) is 4.05. The number of anilines is 1. The molecule has 0 heterocycles. The van der Waals surface area contributed by atoms with Gasteiger partial charge in [-0.15, -0.1) is 0 Å². The highest BCUT2D eigenvalue weighted by Crippen LogP contribution is 2.24. The molecule has 0 radical (unpaired) electrons. The zero-order chi connectivity index (χ0) is 18.4. The van der Waals surface area contributed by atoms with Crippen molar-refractivity contribution in [2.45, 2.75) is 24.8 Å². The number of nitrogens with one attached hydrogen (secondary N) is 1. The monoisotopic (exact) mass is 367 g/mol. The summed E-state index contributed by atoms with van der Waals surface area (Å²) >= 11 is 0. The van der Waals surface area contributed by atoms with Gasteiger partial charge < -0.3 is 9.50 Å². The van der Waals surface area contributed by atoms with Gasteiger partial charge in [-0.3, -0.25) is 0 Å². The van der Waals surface area contributed by atoms with Gasteiger partial charge in [-0.05, 0) is 42.3 Å². The van der Waals surface area contributed by atoms with Crippen molar-refractivity contribution < 1.29 is 12.6 Å². The number of para-hydroxylation sites is 1. The minimum atomic E-state index is -3.86. The SMILES string of the molecule is CCc1ccc(NCc2ccccc2OS(=O)(=O)c2ccccc2)cc1. The number of benzene rings is 3. The van der Waals surface area contributed by atoms with Crippen LogP contribution in [0.25, 0.3) is 0 Å². The lowest BCUT2D eigenvalue weighted by molar-refractivity contribution is 0.483. The van der Waals surface area contributed by atoms with Gasteiger partial charge in [-0.1, -0.05) is 55.5 Å². The Morgan fingerprint density at radius 3 is 2.19 bits per heavy atom. The highest BCUT2D eigenvalue weighted by Gasteiger charge is 2.17. The maximum Gasteiger partial charge on any atom is 0.339 e. The average molecular weight is 367 g/mol. The van der Waals surface area contributed by atoms with E-state index in [1.807, 2.05) is 24.3 Å². The maximum absolute atomic E-state index is 12.5. The molecule has 0 aliphatic rings. The lowest BCUT2D eigenvalue weighted by Crippen LogP contribution is -2.11. The Bertz CT molecular complexity index is 952. The van der Waals surface area contributed by atoms with E-state index in [0.717, 1.165) is 17.7 Å². The number of hydrogen-bond acceptors (Lipinski definition) is 4. The molecule has 0 aromatic heterocycles. The van der Waals surface area contributed by atoms with Crippen LogP contribution >= 0.6 is 0 Å². The first kappa shape index (κ1) is 18.0. The molecule has 0 saturated carbocycles. The van der Waals surface area contributed by atoms with Crippen molar-refractivity contribution >= 4 is 15.8 Å². The molecule has 0 saturated heterocycles. The van der Waals surface area contributed by atoms with Crippen LogP contribution < -0.4 is 9.50 Å². The van der Waals surface area contributed by atoms with E-state index in [-0.39, 0.29) is 4.90 Å². The van der Waals surface area contributed by atoms with Crippen LogP contribution in [-0.4, -0.2) is 8.42 Å². The summed E-state index contributed by atoms with van der Waals surface area (Å²) in [6.07, 6.45) is 0.994. The van der Waals surface area contributed by atoms with Crippen molar-refractivity contribution in [3.63, 3.8) is 0 Å². The molecule has 1 N–H and O–H groups in total. The molecule has 0 bridgehead atoms. The highest BCUT2D eigenvalue weighted by molar-refractivity contribution is 7.87. The molecule has 0 aliphatic heterocycles. The lowest BCUT2D eigenvalue weighted by atomic mass is 10.1. The fraction of sp³-hybridized carbons (Fsp3) is 0.143.